The molecule has 4 aromatic rings. The molecule has 1 aliphatic rings. The summed E-state index contributed by atoms with van der Waals surface area (Å²) in [6, 6.07) is 16.1. The molecular weight excluding hydrogens is 356 g/mol. The van der Waals surface area contributed by atoms with Crippen LogP contribution in [0.1, 0.15) is 11.9 Å². The van der Waals surface area contributed by atoms with Crippen LogP contribution < -0.4 is 8.37 Å². The van der Waals surface area contributed by atoms with E-state index in [1.165, 1.54) is 6.07 Å². The first-order valence-electron chi connectivity index (χ1n) is 7.86. The topological polar surface area (TPSA) is 93.1 Å². The highest BCUT2D eigenvalue weighted by Gasteiger charge is 2.31. The molecule has 0 spiro atoms. The molecule has 0 unspecified atom stereocenters. The van der Waals surface area contributed by atoms with Crippen molar-refractivity contribution in [1.29, 1.82) is 0 Å². The van der Waals surface area contributed by atoms with E-state index >= 15 is 0 Å². The molecule has 1 aliphatic heterocycles. The number of hydrogen-bond donors (Lipinski definition) is 2. The van der Waals surface area contributed by atoms with Crippen molar-refractivity contribution in [3.63, 3.8) is 0 Å². The van der Waals surface area contributed by atoms with Gasteiger partial charge in [0.15, 0.2) is 17.8 Å². The highest BCUT2D eigenvalue weighted by molar-refractivity contribution is 7.82. The highest BCUT2D eigenvalue weighted by Crippen LogP contribution is 2.46. The molecule has 6 nitrogen and oxygen atoms in total. The van der Waals surface area contributed by atoms with Gasteiger partial charge in [-0.15, -0.1) is 8.42 Å². The van der Waals surface area contributed by atoms with Crippen molar-refractivity contribution in [3.05, 3.63) is 60.2 Å². The highest BCUT2D eigenvalue weighted by atomic mass is 32.3. The van der Waals surface area contributed by atoms with Crippen LogP contribution in [0.5, 0.6) is 11.5 Å². The summed E-state index contributed by atoms with van der Waals surface area (Å²) in [6.45, 7) is 0. The van der Waals surface area contributed by atoms with Crippen LogP contribution in [0.15, 0.2) is 54.6 Å². The zero-order valence-electron chi connectivity index (χ0n) is 13.2. The van der Waals surface area contributed by atoms with Gasteiger partial charge >= 0.3 is 10.4 Å². The normalized spacial score (nSPS) is 15.3. The Hall–Kier alpha value is -2.87. The molecule has 4 aromatic carbocycles. The van der Waals surface area contributed by atoms with Gasteiger partial charge in [0.1, 0.15) is 0 Å². The van der Waals surface area contributed by atoms with E-state index < -0.39 is 16.7 Å². The van der Waals surface area contributed by atoms with Gasteiger partial charge in [0.25, 0.3) is 0 Å². The zero-order valence-corrected chi connectivity index (χ0v) is 14.0. The molecule has 1 heterocycles. The molecule has 0 aromatic heterocycles. The second-order valence-corrected chi connectivity index (χ2v) is 7.26. The van der Waals surface area contributed by atoms with E-state index in [2.05, 4.69) is 0 Å². The Labute approximate surface area is 148 Å². The molecular formula is C19H12O6S. The SMILES string of the molecule is O=S1(=O)Oc2ccc3ccc4c(C(O)O)c5ccccc5cc4c3c2O1. The largest absolute Gasteiger partial charge is 0.501 e. The molecule has 0 aliphatic carbocycles. The maximum atomic E-state index is 11.7. The lowest BCUT2D eigenvalue weighted by molar-refractivity contribution is -0.0401. The molecule has 5 rings (SSSR count). The van der Waals surface area contributed by atoms with Crippen LogP contribution in [0.25, 0.3) is 32.3 Å². The van der Waals surface area contributed by atoms with E-state index in [0.717, 1.165) is 10.8 Å². The van der Waals surface area contributed by atoms with Gasteiger partial charge in [0, 0.05) is 10.9 Å². The molecule has 0 bridgehead atoms. The summed E-state index contributed by atoms with van der Waals surface area (Å²) >= 11 is 0. The fourth-order valence-electron chi connectivity index (χ4n) is 3.60. The molecule has 0 saturated heterocycles. The van der Waals surface area contributed by atoms with Crippen LogP contribution in [0.2, 0.25) is 0 Å². The van der Waals surface area contributed by atoms with Crippen molar-refractivity contribution in [2.45, 2.75) is 6.29 Å². The minimum absolute atomic E-state index is 0.113. The third-order valence-corrected chi connectivity index (χ3v) is 5.37. The quantitative estimate of drug-likeness (QED) is 0.305. The van der Waals surface area contributed by atoms with Gasteiger partial charge in [0.05, 0.1) is 0 Å². The van der Waals surface area contributed by atoms with E-state index in [-0.39, 0.29) is 11.5 Å². The molecule has 26 heavy (non-hydrogen) atoms. The minimum Gasteiger partial charge on any atom is -0.364 e. The summed E-state index contributed by atoms with van der Waals surface area (Å²) < 4.78 is 33.4. The van der Waals surface area contributed by atoms with E-state index in [9.17, 15) is 18.6 Å². The van der Waals surface area contributed by atoms with E-state index in [1.54, 1.807) is 18.2 Å². The van der Waals surface area contributed by atoms with Crippen molar-refractivity contribution < 1.29 is 27.0 Å². The van der Waals surface area contributed by atoms with Gasteiger partial charge in [-0.3, -0.25) is 0 Å². The fraction of sp³-hybridized carbons (Fsp3) is 0.0526. The lowest BCUT2D eigenvalue weighted by Crippen LogP contribution is -2.08. The lowest BCUT2D eigenvalue weighted by Gasteiger charge is -2.15. The maximum Gasteiger partial charge on any atom is 0.501 e. The summed E-state index contributed by atoms with van der Waals surface area (Å²) in [6.07, 6.45) is -1.68. The van der Waals surface area contributed by atoms with Crippen LogP contribution in [0.3, 0.4) is 0 Å². The van der Waals surface area contributed by atoms with E-state index in [1.807, 2.05) is 30.3 Å². The van der Waals surface area contributed by atoms with Crippen molar-refractivity contribution >= 4 is 42.7 Å². The number of benzene rings is 4. The van der Waals surface area contributed by atoms with Gasteiger partial charge in [-0.25, -0.2) is 0 Å². The smallest absolute Gasteiger partial charge is 0.364 e. The molecule has 0 atom stereocenters. The van der Waals surface area contributed by atoms with E-state index in [4.69, 9.17) is 8.37 Å². The molecule has 0 amide bonds. The van der Waals surface area contributed by atoms with E-state index in [0.29, 0.717) is 27.1 Å². The second kappa shape index (κ2) is 5.07. The average Bonchev–Trinajstić information content (AvgIpc) is 2.92. The first kappa shape index (κ1) is 15.4. The van der Waals surface area contributed by atoms with Crippen molar-refractivity contribution in [3.8, 4) is 11.5 Å². The number of aliphatic hydroxyl groups is 2. The van der Waals surface area contributed by atoms with Crippen LogP contribution in [-0.4, -0.2) is 18.6 Å². The third kappa shape index (κ3) is 2.08. The van der Waals surface area contributed by atoms with Crippen molar-refractivity contribution in [2.75, 3.05) is 0 Å². The first-order valence-corrected chi connectivity index (χ1v) is 9.19. The monoisotopic (exact) mass is 368 g/mol. The van der Waals surface area contributed by atoms with Crippen LogP contribution in [0, 0.1) is 0 Å². The molecule has 130 valence electrons. The Kier molecular flexibility index (Phi) is 3.00. The predicted molar refractivity (Wildman–Crippen MR) is 96.3 cm³/mol. The predicted octanol–water partition coefficient (Wildman–Crippen LogP) is 3.15. The van der Waals surface area contributed by atoms with Crippen LogP contribution >= 0.6 is 0 Å². The first-order chi connectivity index (χ1) is 12.4. The maximum absolute atomic E-state index is 11.7. The number of fused-ring (bicyclic) bond motifs is 6. The molecule has 2 N–H and O–H groups in total. The Bertz CT molecular complexity index is 1320. The Morgan fingerprint density at radius 2 is 1.58 bits per heavy atom. The molecule has 7 heteroatoms. The number of aliphatic hydroxyl groups excluding tert-OH is 1. The minimum atomic E-state index is -4.13. The summed E-state index contributed by atoms with van der Waals surface area (Å²) in [7, 11) is -4.13. The summed E-state index contributed by atoms with van der Waals surface area (Å²) in [5.41, 5.74) is 0.361. The standard InChI is InChI=1S/C19H12O6S/c20-19(21)17-12-4-2-1-3-11(12)9-14-13(17)7-5-10-6-8-15-18(16(10)14)25-26(22,23)24-15/h1-9,19-21H. The fourth-order valence-corrected chi connectivity index (χ4v) is 4.36. The van der Waals surface area contributed by atoms with Gasteiger partial charge < -0.3 is 18.6 Å². The molecule has 0 fully saturated rings. The second-order valence-electron chi connectivity index (χ2n) is 6.11. The Morgan fingerprint density at radius 1 is 0.808 bits per heavy atom. The average molecular weight is 368 g/mol. The number of hydrogen-bond acceptors (Lipinski definition) is 6. The summed E-state index contributed by atoms with van der Waals surface area (Å²) in [4.78, 5) is 0. The van der Waals surface area contributed by atoms with Gasteiger partial charge in [-0.2, -0.15) is 0 Å². The summed E-state index contributed by atoms with van der Waals surface area (Å²) in [5, 5.41) is 24.0. The third-order valence-electron chi connectivity index (χ3n) is 4.62. The Morgan fingerprint density at radius 3 is 2.38 bits per heavy atom. The zero-order chi connectivity index (χ0) is 18.1. The van der Waals surface area contributed by atoms with Gasteiger partial charge in [-0.05, 0) is 39.1 Å². The van der Waals surface area contributed by atoms with Crippen LogP contribution in [0.4, 0.5) is 0 Å². The van der Waals surface area contributed by atoms with Crippen LogP contribution in [-0.2, 0) is 10.4 Å². The molecule has 0 saturated carbocycles. The molecule has 0 radical (unpaired) electrons. The summed E-state index contributed by atoms with van der Waals surface area (Å²) in [5.74, 6) is 0.228. The van der Waals surface area contributed by atoms with Crippen molar-refractivity contribution in [1.82, 2.24) is 0 Å². The number of rotatable bonds is 1. The van der Waals surface area contributed by atoms with Crippen molar-refractivity contribution in [2.24, 2.45) is 0 Å². The van der Waals surface area contributed by atoms with Gasteiger partial charge in [0.2, 0.25) is 0 Å². The van der Waals surface area contributed by atoms with Gasteiger partial charge in [-0.1, -0.05) is 42.5 Å². The Balaban J connectivity index is 2.03. The lowest BCUT2D eigenvalue weighted by atomic mass is 9.92.